The van der Waals surface area contributed by atoms with E-state index >= 15 is 0 Å². The standard InChI is InChI=1S/C16H15BrN2O2S/c1-9-2-3-10(15(20)18-12-4-5-12)6-13(9)19-16(21)11-7-14(17)22-8-11/h2-3,6-8,12H,4-5H2,1H3,(H,18,20)(H,19,21). The van der Waals surface area contributed by atoms with Crippen LogP contribution in [0.5, 0.6) is 0 Å². The van der Waals surface area contributed by atoms with Crippen LogP contribution in [0.4, 0.5) is 5.69 Å². The van der Waals surface area contributed by atoms with E-state index in [9.17, 15) is 9.59 Å². The molecule has 4 nitrogen and oxygen atoms in total. The van der Waals surface area contributed by atoms with Crippen molar-refractivity contribution in [2.24, 2.45) is 0 Å². The number of carbonyl (C=O) groups excluding carboxylic acids is 2. The van der Waals surface area contributed by atoms with Crippen molar-refractivity contribution < 1.29 is 9.59 Å². The predicted octanol–water partition coefficient (Wildman–Crippen LogP) is 3.96. The van der Waals surface area contributed by atoms with Gasteiger partial charge in [-0.25, -0.2) is 0 Å². The van der Waals surface area contributed by atoms with Crippen molar-refractivity contribution in [1.82, 2.24) is 5.32 Å². The van der Waals surface area contributed by atoms with Gasteiger partial charge in [-0.3, -0.25) is 9.59 Å². The second-order valence-corrected chi connectivity index (χ2v) is 7.66. The third-order valence-corrected chi connectivity index (χ3v) is 4.99. The van der Waals surface area contributed by atoms with Crippen LogP contribution >= 0.6 is 27.3 Å². The summed E-state index contributed by atoms with van der Waals surface area (Å²) in [4.78, 5) is 24.3. The molecule has 0 spiro atoms. The van der Waals surface area contributed by atoms with E-state index in [4.69, 9.17) is 0 Å². The molecule has 0 bridgehead atoms. The number of nitrogens with one attached hydrogen (secondary N) is 2. The molecule has 2 aromatic rings. The van der Waals surface area contributed by atoms with Crippen LogP contribution in [0.3, 0.4) is 0 Å². The van der Waals surface area contributed by atoms with Crippen LogP contribution in [0.25, 0.3) is 0 Å². The molecule has 0 aliphatic heterocycles. The van der Waals surface area contributed by atoms with Crippen molar-refractivity contribution in [3.8, 4) is 0 Å². The molecule has 3 rings (SSSR count). The molecule has 1 aliphatic rings. The van der Waals surface area contributed by atoms with Crippen molar-refractivity contribution in [3.63, 3.8) is 0 Å². The fraction of sp³-hybridized carbons (Fsp3) is 0.250. The van der Waals surface area contributed by atoms with E-state index in [1.165, 1.54) is 11.3 Å². The van der Waals surface area contributed by atoms with Crippen LogP contribution in [0.15, 0.2) is 33.4 Å². The van der Waals surface area contributed by atoms with E-state index in [2.05, 4.69) is 26.6 Å². The van der Waals surface area contributed by atoms with Crippen molar-refractivity contribution in [2.75, 3.05) is 5.32 Å². The van der Waals surface area contributed by atoms with Gasteiger partial charge in [-0.05, 0) is 59.5 Å². The zero-order chi connectivity index (χ0) is 15.7. The van der Waals surface area contributed by atoms with Gasteiger partial charge in [0.25, 0.3) is 11.8 Å². The van der Waals surface area contributed by atoms with Crippen LogP contribution in [-0.4, -0.2) is 17.9 Å². The lowest BCUT2D eigenvalue weighted by Gasteiger charge is -2.10. The second kappa shape index (κ2) is 6.22. The molecule has 0 saturated heterocycles. The fourth-order valence-corrected chi connectivity index (χ4v) is 3.15. The summed E-state index contributed by atoms with van der Waals surface area (Å²) < 4.78 is 0.909. The van der Waals surface area contributed by atoms with E-state index < -0.39 is 0 Å². The molecule has 22 heavy (non-hydrogen) atoms. The third-order valence-electron chi connectivity index (χ3n) is 3.49. The Labute approximate surface area is 141 Å². The number of carbonyl (C=O) groups is 2. The number of amides is 2. The first-order valence-electron chi connectivity index (χ1n) is 7.00. The molecule has 2 amide bonds. The summed E-state index contributed by atoms with van der Waals surface area (Å²) in [5, 5.41) is 7.61. The first kappa shape index (κ1) is 15.2. The van der Waals surface area contributed by atoms with Gasteiger partial charge in [0.05, 0.1) is 9.35 Å². The quantitative estimate of drug-likeness (QED) is 0.845. The number of aryl methyl sites for hydroxylation is 1. The summed E-state index contributed by atoms with van der Waals surface area (Å²) >= 11 is 4.81. The second-order valence-electron chi connectivity index (χ2n) is 5.37. The summed E-state index contributed by atoms with van der Waals surface area (Å²) in [6.45, 7) is 1.90. The summed E-state index contributed by atoms with van der Waals surface area (Å²) in [5.41, 5.74) is 2.75. The summed E-state index contributed by atoms with van der Waals surface area (Å²) in [5.74, 6) is -0.263. The smallest absolute Gasteiger partial charge is 0.256 e. The Morgan fingerprint density at radius 2 is 1.95 bits per heavy atom. The number of thiophene rings is 1. The molecule has 1 fully saturated rings. The molecule has 1 aromatic carbocycles. The van der Waals surface area contributed by atoms with E-state index in [1.807, 2.05) is 13.0 Å². The highest BCUT2D eigenvalue weighted by Crippen LogP contribution is 2.24. The van der Waals surface area contributed by atoms with E-state index in [-0.39, 0.29) is 11.8 Å². The van der Waals surface area contributed by atoms with Crippen LogP contribution in [0, 0.1) is 6.92 Å². The van der Waals surface area contributed by atoms with E-state index in [0.717, 1.165) is 22.2 Å². The molecule has 1 aromatic heterocycles. The van der Waals surface area contributed by atoms with Crippen molar-refractivity contribution >= 4 is 44.8 Å². The minimum Gasteiger partial charge on any atom is -0.349 e. The Balaban J connectivity index is 1.77. The molecule has 0 radical (unpaired) electrons. The van der Waals surface area contributed by atoms with Gasteiger partial charge in [0.2, 0.25) is 0 Å². The summed E-state index contributed by atoms with van der Waals surface area (Å²) in [7, 11) is 0. The van der Waals surface area contributed by atoms with Crippen molar-refractivity contribution in [3.05, 3.63) is 50.1 Å². The number of hydrogen-bond donors (Lipinski definition) is 2. The monoisotopic (exact) mass is 378 g/mol. The van der Waals surface area contributed by atoms with E-state index in [1.54, 1.807) is 23.6 Å². The minimum atomic E-state index is -0.176. The minimum absolute atomic E-state index is 0.0868. The lowest BCUT2D eigenvalue weighted by Crippen LogP contribution is -2.25. The maximum atomic E-state index is 12.2. The molecule has 6 heteroatoms. The van der Waals surface area contributed by atoms with Gasteiger partial charge < -0.3 is 10.6 Å². The van der Waals surface area contributed by atoms with Gasteiger partial charge in [0, 0.05) is 22.7 Å². The molecule has 1 saturated carbocycles. The summed E-state index contributed by atoms with van der Waals surface area (Å²) in [6, 6.07) is 7.45. The van der Waals surface area contributed by atoms with Gasteiger partial charge in [-0.15, -0.1) is 11.3 Å². The molecular formula is C16H15BrN2O2S. The molecule has 2 N–H and O–H groups in total. The SMILES string of the molecule is Cc1ccc(C(=O)NC2CC2)cc1NC(=O)c1csc(Br)c1. The maximum absolute atomic E-state index is 12.2. The topological polar surface area (TPSA) is 58.2 Å². The van der Waals surface area contributed by atoms with Crippen LogP contribution in [0.1, 0.15) is 39.1 Å². The van der Waals surface area contributed by atoms with Crippen LogP contribution in [-0.2, 0) is 0 Å². The summed E-state index contributed by atoms with van der Waals surface area (Å²) in [6.07, 6.45) is 2.10. The molecule has 0 atom stereocenters. The average Bonchev–Trinajstić information content (AvgIpc) is 3.19. The number of rotatable bonds is 4. The van der Waals surface area contributed by atoms with Gasteiger partial charge in [-0.2, -0.15) is 0 Å². The fourth-order valence-electron chi connectivity index (χ4n) is 2.02. The van der Waals surface area contributed by atoms with Crippen LogP contribution < -0.4 is 10.6 Å². The predicted molar refractivity (Wildman–Crippen MR) is 91.6 cm³/mol. The Kier molecular flexibility index (Phi) is 4.31. The molecule has 0 unspecified atom stereocenters. The molecular weight excluding hydrogens is 364 g/mol. The Morgan fingerprint density at radius 3 is 2.59 bits per heavy atom. The first-order valence-corrected chi connectivity index (χ1v) is 8.67. The zero-order valence-corrected chi connectivity index (χ0v) is 14.4. The van der Waals surface area contributed by atoms with Crippen molar-refractivity contribution in [1.29, 1.82) is 0 Å². The van der Waals surface area contributed by atoms with Crippen LogP contribution in [0.2, 0.25) is 0 Å². The zero-order valence-electron chi connectivity index (χ0n) is 12.0. The number of hydrogen-bond acceptors (Lipinski definition) is 3. The highest BCUT2D eigenvalue weighted by Gasteiger charge is 2.24. The molecule has 1 aliphatic carbocycles. The first-order chi connectivity index (χ1) is 10.5. The number of anilines is 1. The Hall–Kier alpha value is -1.66. The molecule has 1 heterocycles. The Bertz CT molecular complexity index is 737. The number of benzene rings is 1. The highest BCUT2D eigenvalue weighted by atomic mass is 79.9. The Morgan fingerprint density at radius 1 is 1.18 bits per heavy atom. The number of halogens is 1. The largest absolute Gasteiger partial charge is 0.349 e. The van der Waals surface area contributed by atoms with Gasteiger partial charge in [-0.1, -0.05) is 6.07 Å². The van der Waals surface area contributed by atoms with Crippen molar-refractivity contribution in [2.45, 2.75) is 25.8 Å². The van der Waals surface area contributed by atoms with Gasteiger partial charge >= 0.3 is 0 Å². The van der Waals surface area contributed by atoms with E-state index in [0.29, 0.717) is 22.9 Å². The maximum Gasteiger partial charge on any atom is 0.256 e. The third kappa shape index (κ3) is 3.56. The normalized spacial score (nSPS) is 13.7. The van der Waals surface area contributed by atoms with Gasteiger partial charge in [0.15, 0.2) is 0 Å². The van der Waals surface area contributed by atoms with Gasteiger partial charge in [0.1, 0.15) is 0 Å². The lowest BCUT2D eigenvalue weighted by molar-refractivity contribution is 0.0949. The highest BCUT2D eigenvalue weighted by molar-refractivity contribution is 9.11. The molecule has 114 valence electrons. The lowest BCUT2D eigenvalue weighted by atomic mass is 10.1. The average molecular weight is 379 g/mol.